The molecule has 23 heavy (non-hydrogen) atoms. The van der Waals surface area contributed by atoms with Gasteiger partial charge in [-0.3, -0.25) is 4.79 Å². The molecule has 0 unspecified atom stereocenters. The summed E-state index contributed by atoms with van der Waals surface area (Å²) in [7, 11) is 0. The molecule has 0 bridgehead atoms. The van der Waals surface area contributed by atoms with Crippen LogP contribution >= 0.6 is 0 Å². The zero-order valence-electron chi connectivity index (χ0n) is 14.0. The Bertz CT molecular complexity index is 641. The van der Waals surface area contributed by atoms with Gasteiger partial charge in [0.05, 0.1) is 5.69 Å². The van der Waals surface area contributed by atoms with Gasteiger partial charge < -0.3 is 0 Å². The van der Waals surface area contributed by atoms with Crippen LogP contribution in [0.1, 0.15) is 66.3 Å². The van der Waals surface area contributed by atoms with Crippen LogP contribution in [0.15, 0.2) is 24.3 Å². The molecule has 0 spiro atoms. The molecule has 0 saturated carbocycles. The van der Waals surface area contributed by atoms with Crippen molar-refractivity contribution in [1.82, 2.24) is 15.0 Å². The van der Waals surface area contributed by atoms with Gasteiger partial charge in [0.15, 0.2) is 12.0 Å². The Hall–Kier alpha value is -2.23. The van der Waals surface area contributed by atoms with Gasteiger partial charge in [-0.1, -0.05) is 73.7 Å². The van der Waals surface area contributed by atoms with Crippen molar-refractivity contribution < 1.29 is 4.79 Å². The molecule has 0 aliphatic rings. The van der Waals surface area contributed by atoms with E-state index in [1.165, 1.54) is 31.2 Å². The van der Waals surface area contributed by atoms with Gasteiger partial charge in [-0.15, -0.1) is 5.10 Å². The molecule has 2 aromatic rings. The third-order valence-corrected chi connectivity index (χ3v) is 3.90. The molecule has 2 rings (SSSR count). The Labute approximate surface area is 138 Å². The van der Waals surface area contributed by atoms with Crippen LogP contribution in [0.4, 0.5) is 0 Å². The lowest BCUT2D eigenvalue weighted by Gasteiger charge is -2.04. The largest absolute Gasteiger partial charge is 0.296 e. The van der Waals surface area contributed by atoms with Gasteiger partial charge in [-0.2, -0.15) is 0 Å². The number of carbonyl (C=O) groups excluding carboxylic acids is 1. The zero-order chi connectivity index (χ0) is 16.5. The molecule has 0 aliphatic heterocycles. The van der Waals surface area contributed by atoms with E-state index >= 15 is 0 Å². The van der Waals surface area contributed by atoms with Crippen LogP contribution in [0.25, 0.3) is 12.2 Å². The van der Waals surface area contributed by atoms with Gasteiger partial charge in [0.2, 0.25) is 0 Å². The van der Waals surface area contributed by atoms with Gasteiger partial charge >= 0.3 is 0 Å². The van der Waals surface area contributed by atoms with Crippen molar-refractivity contribution in [2.75, 3.05) is 0 Å². The van der Waals surface area contributed by atoms with E-state index in [4.69, 9.17) is 0 Å². The minimum Gasteiger partial charge on any atom is -0.296 e. The summed E-state index contributed by atoms with van der Waals surface area (Å²) in [6, 6.07) is 8.27. The molecule has 0 N–H and O–H groups in total. The first-order valence-electron chi connectivity index (χ1n) is 8.38. The summed E-state index contributed by atoms with van der Waals surface area (Å²) < 4.78 is 1.83. The predicted molar refractivity (Wildman–Crippen MR) is 94.3 cm³/mol. The maximum Gasteiger partial charge on any atom is 0.172 e. The standard InChI is InChI=1S/C19H25N3O/c1-3-4-5-6-7-14-22-19(18(15-23)20-21-22)13-12-17-10-8-16(2)9-11-17/h8-13,15H,3-7,14H2,1-2H3/b13-12+. The molecule has 4 nitrogen and oxygen atoms in total. The smallest absolute Gasteiger partial charge is 0.172 e. The summed E-state index contributed by atoms with van der Waals surface area (Å²) >= 11 is 0. The Kier molecular flexibility index (Phi) is 6.73. The number of hydrogen-bond donors (Lipinski definition) is 0. The van der Waals surface area contributed by atoms with Crippen LogP contribution in [0.3, 0.4) is 0 Å². The average molecular weight is 311 g/mol. The van der Waals surface area contributed by atoms with Crippen LogP contribution in [-0.4, -0.2) is 21.3 Å². The first kappa shape index (κ1) is 17.1. The number of aromatic nitrogens is 3. The number of carbonyl (C=O) groups is 1. The normalized spacial score (nSPS) is 11.2. The third-order valence-electron chi connectivity index (χ3n) is 3.90. The molecule has 0 atom stereocenters. The van der Waals surface area contributed by atoms with Crippen molar-refractivity contribution in [2.24, 2.45) is 0 Å². The number of aryl methyl sites for hydroxylation is 2. The topological polar surface area (TPSA) is 47.8 Å². The number of unbranched alkanes of at least 4 members (excludes halogenated alkanes) is 4. The number of nitrogens with zero attached hydrogens (tertiary/aromatic N) is 3. The summed E-state index contributed by atoms with van der Waals surface area (Å²) in [6.45, 7) is 5.08. The molecule has 1 aromatic carbocycles. The molecule has 0 amide bonds. The Morgan fingerprint density at radius 1 is 1.04 bits per heavy atom. The van der Waals surface area contributed by atoms with Crippen LogP contribution in [0.2, 0.25) is 0 Å². The van der Waals surface area contributed by atoms with Crippen LogP contribution in [0.5, 0.6) is 0 Å². The van der Waals surface area contributed by atoms with Gasteiger partial charge in [0.1, 0.15) is 0 Å². The van der Waals surface area contributed by atoms with E-state index in [1.807, 2.05) is 16.8 Å². The fourth-order valence-corrected chi connectivity index (χ4v) is 2.47. The first-order valence-corrected chi connectivity index (χ1v) is 8.38. The Morgan fingerprint density at radius 2 is 1.78 bits per heavy atom. The summed E-state index contributed by atoms with van der Waals surface area (Å²) in [6.07, 6.45) is 10.7. The minimum atomic E-state index is 0.405. The van der Waals surface area contributed by atoms with Crippen molar-refractivity contribution in [3.63, 3.8) is 0 Å². The molecule has 0 aliphatic carbocycles. The quantitative estimate of drug-likeness (QED) is 0.504. The van der Waals surface area contributed by atoms with Crippen molar-refractivity contribution in [2.45, 2.75) is 52.5 Å². The predicted octanol–water partition coefficient (Wildman–Crippen LogP) is 4.54. The van der Waals surface area contributed by atoms with Gasteiger partial charge in [0.25, 0.3) is 0 Å². The lowest BCUT2D eigenvalue weighted by Crippen LogP contribution is -2.03. The fourth-order valence-electron chi connectivity index (χ4n) is 2.47. The number of hydrogen-bond acceptors (Lipinski definition) is 3. The monoisotopic (exact) mass is 311 g/mol. The second-order valence-electron chi connectivity index (χ2n) is 5.86. The molecular formula is C19H25N3O. The van der Waals surface area contributed by atoms with E-state index in [0.29, 0.717) is 5.69 Å². The molecule has 1 aromatic heterocycles. The molecule has 0 saturated heterocycles. The van der Waals surface area contributed by atoms with Gasteiger partial charge in [0, 0.05) is 6.54 Å². The van der Waals surface area contributed by atoms with Gasteiger partial charge in [-0.25, -0.2) is 4.68 Å². The third kappa shape index (κ3) is 5.16. The molecule has 0 fully saturated rings. The van der Waals surface area contributed by atoms with Gasteiger partial charge in [-0.05, 0) is 25.0 Å². The highest BCUT2D eigenvalue weighted by Crippen LogP contribution is 2.13. The number of rotatable bonds is 9. The maximum atomic E-state index is 11.2. The van der Waals surface area contributed by atoms with Crippen molar-refractivity contribution in [3.8, 4) is 0 Å². The average Bonchev–Trinajstić information content (AvgIpc) is 2.96. The van der Waals surface area contributed by atoms with E-state index in [0.717, 1.165) is 30.5 Å². The molecular weight excluding hydrogens is 286 g/mol. The highest BCUT2D eigenvalue weighted by atomic mass is 16.1. The minimum absolute atomic E-state index is 0.405. The highest BCUT2D eigenvalue weighted by molar-refractivity contribution is 5.81. The molecule has 122 valence electrons. The zero-order valence-corrected chi connectivity index (χ0v) is 14.0. The van der Waals surface area contributed by atoms with E-state index in [2.05, 4.69) is 48.4 Å². The molecule has 1 heterocycles. The van der Waals surface area contributed by atoms with Crippen molar-refractivity contribution >= 4 is 18.4 Å². The Morgan fingerprint density at radius 3 is 2.48 bits per heavy atom. The second kappa shape index (κ2) is 9.03. The summed E-state index contributed by atoms with van der Waals surface area (Å²) in [5, 5.41) is 8.09. The fraction of sp³-hybridized carbons (Fsp3) is 0.421. The van der Waals surface area contributed by atoms with Crippen LogP contribution < -0.4 is 0 Å². The summed E-state index contributed by atoms with van der Waals surface area (Å²) in [4.78, 5) is 11.2. The number of aldehydes is 1. The van der Waals surface area contributed by atoms with Crippen molar-refractivity contribution in [3.05, 3.63) is 46.8 Å². The van der Waals surface area contributed by atoms with Crippen LogP contribution in [-0.2, 0) is 6.54 Å². The Balaban J connectivity index is 2.05. The first-order chi connectivity index (χ1) is 11.2. The summed E-state index contributed by atoms with van der Waals surface area (Å²) in [5.41, 5.74) is 3.52. The maximum absolute atomic E-state index is 11.2. The van der Waals surface area contributed by atoms with E-state index in [-0.39, 0.29) is 0 Å². The van der Waals surface area contributed by atoms with E-state index in [9.17, 15) is 4.79 Å². The van der Waals surface area contributed by atoms with Crippen LogP contribution in [0, 0.1) is 6.92 Å². The summed E-state index contributed by atoms with van der Waals surface area (Å²) in [5.74, 6) is 0. The van der Waals surface area contributed by atoms with E-state index in [1.54, 1.807) is 0 Å². The SMILES string of the molecule is CCCCCCCn1nnc(C=O)c1/C=C/c1ccc(C)cc1. The van der Waals surface area contributed by atoms with E-state index < -0.39 is 0 Å². The van der Waals surface area contributed by atoms with Crippen molar-refractivity contribution in [1.29, 1.82) is 0 Å². The lowest BCUT2D eigenvalue weighted by atomic mass is 10.1. The molecule has 4 heteroatoms. The molecule has 0 radical (unpaired) electrons. The second-order valence-corrected chi connectivity index (χ2v) is 5.86. The lowest BCUT2D eigenvalue weighted by molar-refractivity contribution is 0.111. The number of benzene rings is 1. The highest BCUT2D eigenvalue weighted by Gasteiger charge is 2.09.